The first-order valence-corrected chi connectivity index (χ1v) is 6.49. The molecule has 1 fully saturated rings. The third-order valence-corrected chi connectivity index (χ3v) is 3.66. The van der Waals surface area contributed by atoms with E-state index < -0.39 is 0 Å². The number of para-hydroxylation sites is 1. The molecular formula is C15H19NO2. The highest BCUT2D eigenvalue weighted by molar-refractivity contribution is 5.82. The highest BCUT2D eigenvalue weighted by Crippen LogP contribution is 2.37. The van der Waals surface area contributed by atoms with E-state index in [9.17, 15) is 0 Å². The summed E-state index contributed by atoms with van der Waals surface area (Å²) in [6, 6.07) is 8.70. The van der Waals surface area contributed by atoms with Gasteiger partial charge in [0, 0.05) is 23.5 Å². The van der Waals surface area contributed by atoms with Crippen LogP contribution >= 0.6 is 0 Å². The molecule has 1 saturated heterocycles. The minimum absolute atomic E-state index is 0.0802. The third-order valence-electron chi connectivity index (χ3n) is 3.66. The Morgan fingerprint density at radius 1 is 1.28 bits per heavy atom. The van der Waals surface area contributed by atoms with Gasteiger partial charge in [-0.3, -0.25) is 0 Å². The van der Waals surface area contributed by atoms with E-state index in [-0.39, 0.29) is 5.41 Å². The number of benzene rings is 1. The van der Waals surface area contributed by atoms with Gasteiger partial charge < -0.3 is 14.5 Å². The maximum absolute atomic E-state index is 5.65. The van der Waals surface area contributed by atoms with Crippen LogP contribution in [0.25, 0.3) is 11.0 Å². The fourth-order valence-electron chi connectivity index (χ4n) is 2.49. The first-order valence-electron chi connectivity index (χ1n) is 6.49. The SMILES string of the molecule is CC(C)NCC1(c2coc3ccccc23)COC1. The second-order valence-electron chi connectivity index (χ2n) is 5.45. The standard InChI is InChI=1S/C15H19NO2/c1-11(2)16-8-15(9-17-10-15)13-7-18-14-6-4-3-5-12(13)14/h3-7,11,16H,8-10H2,1-2H3. The van der Waals surface area contributed by atoms with Gasteiger partial charge in [0.1, 0.15) is 5.58 Å². The molecular weight excluding hydrogens is 226 g/mol. The Morgan fingerprint density at radius 3 is 2.72 bits per heavy atom. The number of ether oxygens (including phenoxy) is 1. The Kier molecular flexibility index (Phi) is 2.88. The number of nitrogens with one attached hydrogen (secondary N) is 1. The van der Waals surface area contributed by atoms with Crippen LogP contribution in [0.15, 0.2) is 34.9 Å². The van der Waals surface area contributed by atoms with Crippen LogP contribution in [0.1, 0.15) is 19.4 Å². The van der Waals surface area contributed by atoms with Crippen molar-refractivity contribution in [2.24, 2.45) is 0 Å². The molecule has 3 rings (SSSR count). The molecule has 2 heterocycles. The lowest BCUT2D eigenvalue weighted by atomic mass is 9.78. The summed E-state index contributed by atoms with van der Waals surface area (Å²) < 4.78 is 11.1. The first kappa shape index (κ1) is 11.8. The van der Waals surface area contributed by atoms with Crippen molar-refractivity contribution in [1.29, 1.82) is 0 Å². The normalized spacial score (nSPS) is 18.2. The lowest BCUT2D eigenvalue weighted by molar-refractivity contribution is -0.0593. The molecule has 0 saturated carbocycles. The van der Waals surface area contributed by atoms with E-state index in [0.717, 1.165) is 25.3 Å². The maximum atomic E-state index is 5.65. The van der Waals surface area contributed by atoms with Gasteiger partial charge in [0.2, 0.25) is 0 Å². The lowest BCUT2D eigenvalue weighted by Crippen LogP contribution is -2.54. The summed E-state index contributed by atoms with van der Waals surface area (Å²) in [6.45, 7) is 6.82. The fraction of sp³-hybridized carbons (Fsp3) is 0.467. The van der Waals surface area contributed by atoms with Crippen LogP contribution in [0.5, 0.6) is 0 Å². The van der Waals surface area contributed by atoms with Crippen LogP contribution in [0.2, 0.25) is 0 Å². The minimum atomic E-state index is 0.0802. The summed E-state index contributed by atoms with van der Waals surface area (Å²) in [4.78, 5) is 0. The zero-order chi connectivity index (χ0) is 12.6. The second kappa shape index (κ2) is 4.41. The Hall–Kier alpha value is -1.32. The highest BCUT2D eigenvalue weighted by Gasteiger charge is 2.42. The fourth-order valence-corrected chi connectivity index (χ4v) is 2.49. The molecule has 1 aromatic carbocycles. The summed E-state index contributed by atoms with van der Waals surface area (Å²) >= 11 is 0. The summed E-state index contributed by atoms with van der Waals surface area (Å²) in [5.74, 6) is 0. The highest BCUT2D eigenvalue weighted by atomic mass is 16.5. The van der Waals surface area contributed by atoms with Crippen molar-refractivity contribution in [3.63, 3.8) is 0 Å². The van der Waals surface area contributed by atoms with Crippen molar-refractivity contribution in [2.45, 2.75) is 25.3 Å². The molecule has 96 valence electrons. The van der Waals surface area contributed by atoms with Crippen LogP contribution in [0.4, 0.5) is 0 Å². The van der Waals surface area contributed by atoms with Gasteiger partial charge in [-0.2, -0.15) is 0 Å². The maximum Gasteiger partial charge on any atom is 0.134 e. The second-order valence-corrected chi connectivity index (χ2v) is 5.45. The van der Waals surface area contributed by atoms with Crippen molar-refractivity contribution in [3.05, 3.63) is 36.1 Å². The molecule has 0 amide bonds. The van der Waals surface area contributed by atoms with E-state index in [2.05, 4.69) is 31.3 Å². The van der Waals surface area contributed by atoms with Crippen molar-refractivity contribution in [2.75, 3.05) is 19.8 Å². The molecule has 0 atom stereocenters. The van der Waals surface area contributed by atoms with E-state index in [1.165, 1.54) is 10.9 Å². The Balaban J connectivity index is 1.96. The first-order chi connectivity index (χ1) is 8.71. The van der Waals surface area contributed by atoms with Gasteiger partial charge in [0.25, 0.3) is 0 Å². The average Bonchev–Trinajstić information content (AvgIpc) is 2.72. The lowest BCUT2D eigenvalue weighted by Gasteiger charge is -2.41. The van der Waals surface area contributed by atoms with E-state index >= 15 is 0 Å². The zero-order valence-corrected chi connectivity index (χ0v) is 10.9. The molecule has 18 heavy (non-hydrogen) atoms. The van der Waals surface area contributed by atoms with E-state index in [1.807, 2.05) is 18.4 Å². The zero-order valence-electron chi connectivity index (χ0n) is 10.9. The molecule has 1 aliphatic rings. The molecule has 0 radical (unpaired) electrons. The van der Waals surface area contributed by atoms with Gasteiger partial charge in [-0.15, -0.1) is 0 Å². The molecule has 1 N–H and O–H groups in total. The van der Waals surface area contributed by atoms with Gasteiger partial charge >= 0.3 is 0 Å². The number of rotatable bonds is 4. The number of fused-ring (bicyclic) bond motifs is 1. The van der Waals surface area contributed by atoms with Crippen molar-refractivity contribution < 1.29 is 9.15 Å². The summed E-state index contributed by atoms with van der Waals surface area (Å²) in [7, 11) is 0. The summed E-state index contributed by atoms with van der Waals surface area (Å²) in [5, 5.41) is 4.73. The van der Waals surface area contributed by atoms with E-state index in [1.54, 1.807) is 0 Å². The molecule has 1 aromatic heterocycles. The Bertz CT molecular complexity index is 540. The van der Waals surface area contributed by atoms with Crippen molar-refractivity contribution in [3.8, 4) is 0 Å². The van der Waals surface area contributed by atoms with Crippen molar-refractivity contribution in [1.82, 2.24) is 5.32 Å². The molecule has 0 aliphatic carbocycles. The molecule has 0 unspecified atom stereocenters. The quantitative estimate of drug-likeness (QED) is 0.899. The smallest absolute Gasteiger partial charge is 0.134 e. The van der Waals surface area contributed by atoms with E-state index in [4.69, 9.17) is 9.15 Å². The Labute approximate surface area is 107 Å². The van der Waals surface area contributed by atoms with Crippen LogP contribution in [-0.4, -0.2) is 25.8 Å². The molecule has 3 heteroatoms. The molecule has 0 spiro atoms. The van der Waals surface area contributed by atoms with Crippen LogP contribution in [0.3, 0.4) is 0 Å². The topological polar surface area (TPSA) is 34.4 Å². The molecule has 3 nitrogen and oxygen atoms in total. The van der Waals surface area contributed by atoms with Crippen LogP contribution < -0.4 is 5.32 Å². The predicted molar refractivity (Wildman–Crippen MR) is 71.8 cm³/mol. The Morgan fingerprint density at radius 2 is 2.06 bits per heavy atom. The van der Waals surface area contributed by atoms with Gasteiger partial charge in [0.05, 0.1) is 24.9 Å². The summed E-state index contributed by atoms with van der Waals surface area (Å²) in [6.07, 6.45) is 1.90. The van der Waals surface area contributed by atoms with Gasteiger partial charge in [0.15, 0.2) is 0 Å². The average molecular weight is 245 g/mol. The third kappa shape index (κ3) is 1.84. The molecule has 1 aliphatic heterocycles. The largest absolute Gasteiger partial charge is 0.464 e. The van der Waals surface area contributed by atoms with Gasteiger partial charge in [-0.05, 0) is 6.07 Å². The van der Waals surface area contributed by atoms with Gasteiger partial charge in [-0.25, -0.2) is 0 Å². The van der Waals surface area contributed by atoms with Crippen LogP contribution in [-0.2, 0) is 10.2 Å². The predicted octanol–water partition coefficient (Wildman–Crippen LogP) is 2.70. The number of hydrogen-bond acceptors (Lipinski definition) is 3. The summed E-state index contributed by atoms with van der Waals surface area (Å²) in [5.41, 5.74) is 2.32. The molecule has 2 aromatic rings. The van der Waals surface area contributed by atoms with Gasteiger partial charge in [-0.1, -0.05) is 32.0 Å². The number of hydrogen-bond donors (Lipinski definition) is 1. The minimum Gasteiger partial charge on any atom is -0.464 e. The van der Waals surface area contributed by atoms with E-state index in [0.29, 0.717) is 6.04 Å². The monoisotopic (exact) mass is 245 g/mol. The molecule has 0 bridgehead atoms. The van der Waals surface area contributed by atoms with Crippen molar-refractivity contribution >= 4 is 11.0 Å². The van der Waals surface area contributed by atoms with Crippen LogP contribution in [0, 0.1) is 0 Å². The number of furan rings is 1.